The fraction of sp³-hybridized carbons (Fsp3) is 0.435. The van der Waals surface area contributed by atoms with Gasteiger partial charge in [-0.15, -0.1) is 0 Å². The predicted molar refractivity (Wildman–Crippen MR) is 127 cm³/mol. The van der Waals surface area contributed by atoms with Gasteiger partial charge >= 0.3 is 0 Å². The van der Waals surface area contributed by atoms with Crippen molar-refractivity contribution in [2.24, 2.45) is 0 Å². The van der Waals surface area contributed by atoms with Crippen molar-refractivity contribution in [2.45, 2.75) is 26.8 Å². The number of aliphatic hydroxyl groups excluding tert-OH is 1. The van der Waals surface area contributed by atoms with Gasteiger partial charge in [0.2, 0.25) is 0 Å². The molecule has 4 N–H and O–H groups in total. The van der Waals surface area contributed by atoms with E-state index in [1.165, 1.54) is 0 Å². The van der Waals surface area contributed by atoms with Crippen molar-refractivity contribution >= 4 is 27.5 Å². The van der Waals surface area contributed by atoms with Gasteiger partial charge in [0.15, 0.2) is 18.1 Å². The predicted octanol–water partition coefficient (Wildman–Crippen LogP) is 3.24. The largest absolute Gasteiger partial charge is 0.490 e. The first-order chi connectivity index (χ1) is 15.0. The average molecular weight is 494 g/mol. The Balaban J connectivity index is 1.90. The van der Waals surface area contributed by atoms with Crippen LogP contribution in [0.2, 0.25) is 0 Å². The lowest BCUT2D eigenvalue weighted by Crippen LogP contribution is -2.24. The summed E-state index contributed by atoms with van der Waals surface area (Å²) >= 11 is 3.55. The number of ether oxygens (including phenoxy) is 2. The molecule has 0 fully saturated rings. The molecule has 0 aliphatic carbocycles. The van der Waals surface area contributed by atoms with Gasteiger partial charge in [0, 0.05) is 18.8 Å². The Bertz CT molecular complexity index is 815. The molecule has 31 heavy (non-hydrogen) atoms. The van der Waals surface area contributed by atoms with Gasteiger partial charge in [-0.25, -0.2) is 0 Å². The van der Waals surface area contributed by atoms with Crippen LogP contribution in [0.25, 0.3) is 0 Å². The Morgan fingerprint density at radius 2 is 1.81 bits per heavy atom. The monoisotopic (exact) mass is 493 g/mol. The van der Waals surface area contributed by atoms with Gasteiger partial charge in [0.05, 0.1) is 17.7 Å². The zero-order valence-corrected chi connectivity index (χ0v) is 19.8. The average Bonchev–Trinajstić information content (AvgIpc) is 2.74. The zero-order valence-electron chi connectivity index (χ0n) is 18.2. The van der Waals surface area contributed by atoms with Crippen LogP contribution in [0.5, 0.6) is 11.5 Å². The summed E-state index contributed by atoms with van der Waals surface area (Å²) in [5.74, 6) is 0.873. The Labute approximate surface area is 192 Å². The number of carbonyl (C=O) groups excluding carboxylic acids is 1. The summed E-state index contributed by atoms with van der Waals surface area (Å²) in [5.41, 5.74) is 2.92. The van der Waals surface area contributed by atoms with Crippen molar-refractivity contribution < 1.29 is 19.4 Å². The summed E-state index contributed by atoms with van der Waals surface area (Å²) in [7, 11) is 0. The normalized spacial score (nSPS) is 10.7. The molecular formula is C23H32BrN3O4. The Morgan fingerprint density at radius 3 is 2.52 bits per heavy atom. The molecule has 0 unspecified atom stereocenters. The Morgan fingerprint density at radius 1 is 1.06 bits per heavy atom. The van der Waals surface area contributed by atoms with Crippen LogP contribution in [0.1, 0.15) is 24.5 Å². The zero-order chi connectivity index (χ0) is 22.5. The van der Waals surface area contributed by atoms with Crippen LogP contribution in [0, 0.1) is 6.92 Å². The maximum atomic E-state index is 12.3. The number of anilines is 1. The Kier molecular flexibility index (Phi) is 11.4. The van der Waals surface area contributed by atoms with E-state index in [0.717, 1.165) is 40.8 Å². The minimum absolute atomic E-state index is 0.120. The van der Waals surface area contributed by atoms with Crippen LogP contribution in [0.3, 0.4) is 0 Å². The molecule has 0 aliphatic heterocycles. The third-order valence-electron chi connectivity index (χ3n) is 4.38. The summed E-state index contributed by atoms with van der Waals surface area (Å²) in [6.45, 7) is 7.46. The topological polar surface area (TPSA) is 91.8 Å². The number of carbonyl (C=O) groups is 1. The molecular weight excluding hydrogens is 462 g/mol. The van der Waals surface area contributed by atoms with E-state index in [4.69, 9.17) is 14.6 Å². The third-order valence-corrected chi connectivity index (χ3v) is 4.97. The highest BCUT2D eigenvalue weighted by molar-refractivity contribution is 9.10. The first kappa shape index (κ1) is 25.1. The number of aliphatic hydroxyl groups is 1. The van der Waals surface area contributed by atoms with Gasteiger partial charge in [-0.1, -0.05) is 17.7 Å². The quantitative estimate of drug-likeness (QED) is 0.302. The molecule has 0 aliphatic rings. The molecule has 0 spiro atoms. The van der Waals surface area contributed by atoms with E-state index >= 15 is 0 Å². The van der Waals surface area contributed by atoms with E-state index in [0.29, 0.717) is 31.2 Å². The van der Waals surface area contributed by atoms with E-state index in [1.807, 2.05) is 50.2 Å². The van der Waals surface area contributed by atoms with Crippen molar-refractivity contribution in [1.82, 2.24) is 10.6 Å². The fourth-order valence-corrected chi connectivity index (χ4v) is 3.48. The SMILES string of the molecule is CCOc1cc(CNCCCNCCO)cc(Br)c1OCC(=O)Nc1ccc(C)cc1. The lowest BCUT2D eigenvalue weighted by molar-refractivity contribution is -0.118. The lowest BCUT2D eigenvalue weighted by Gasteiger charge is -2.16. The van der Waals surface area contributed by atoms with E-state index < -0.39 is 0 Å². The molecule has 1 amide bonds. The molecule has 2 rings (SSSR count). The molecule has 2 aromatic carbocycles. The van der Waals surface area contributed by atoms with E-state index in [2.05, 4.69) is 31.9 Å². The Hall–Kier alpha value is -2.13. The molecule has 0 saturated heterocycles. The van der Waals surface area contributed by atoms with Crippen molar-refractivity contribution in [3.05, 3.63) is 52.0 Å². The minimum atomic E-state index is -0.237. The second-order valence-electron chi connectivity index (χ2n) is 7.04. The molecule has 0 heterocycles. The number of benzene rings is 2. The summed E-state index contributed by atoms with van der Waals surface area (Å²) in [6, 6.07) is 11.5. The van der Waals surface area contributed by atoms with Gasteiger partial charge in [-0.2, -0.15) is 0 Å². The molecule has 0 bridgehead atoms. The van der Waals surface area contributed by atoms with Gasteiger partial charge in [-0.05, 0) is 79.1 Å². The summed E-state index contributed by atoms with van der Waals surface area (Å²) in [6.07, 6.45) is 0.969. The van der Waals surface area contributed by atoms with Crippen molar-refractivity contribution in [3.63, 3.8) is 0 Å². The maximum Gasteiger partial charge on any atom is 0.262 e. The highest BCUT2D eigenvalue weighted by Gasteiger charge is 2.14. The summed E-state index contributed by atoms with van der Waals surface area (Å²) in [4.78, 5) is 12.3. The molecule has 0 atom stereocenters. The van der Waals surface area contributed by atoms with Crippen molar-refractivity contribution in [1.29, 1.82) is 0 Å². The fourth-order valence-electron chi connectivity index (χ4n) is 2.87. The maximum absolute atomic E-state index is 12.3. The van der Waals surface area contributed by atoms with E-state index in [9.17, 15) is 4.79 Å². The molecule has 7 nitrogen and oxygen atoms in total. The van der Waals surface area contributed by atoms with Crippen molar-refractivity contribution in [3.8, 4) is 11.5 Å². The highest BCUT2D eigenvalue weighted by Crippen LogP contribution is 2.37. The molecule has 2 aromatic rings. The third kappa shape index (κ3) is 9.26. The molecule has 0 saturated carbocycles. The number of aryl methyl sites for hydroxylation is 1. The first-order valence-corrected chi connectivity index (χ1v) is 11.3. The molecule has 170 valence electrons. The molecule has 0 aromatic heterocycles. The summed E-state index contributed by atoms with van der Waals surface area (Å²) < 4.78 is 12.3. The van der Waals surface area contributed by atoms with Crippen LogP contribution in [0.15, 0.2) is 40.9 Å². The van der Waals surface area contributed by atoms with Crippen LogP contribution in [0.4, 0.5) is 5.69 Å². The van der Waals surface area contributed by atoms with Crippen LogP contribution < -0.4 is 25.4 Å². The van der Waals surface area contributed by atoms with Crippen LogP contribution in [-0.2, 0) is 11.3 Å². The second kappa shape index (κ2) is 14.0. The molecule has 8 heteroatoms. The minimum Gasteiger partial charge on any atom is -0.490 e. The number of hydrogen-bond acceptors (Lipinski definition) is 6. The lowest BCUT2D eigenvalue weighted by atomic mass is 10.2. The van der Waals surface area contributed by atoms with Crippen LogP contribution in [-0.4, -0.2) is 50.5 Å². The first-order valence-electron chi connectivity index (χ1n) is 10.5. The number of nitrogens with one attached hydrogen (secondary N) is 3. The van der Waals surface area contributed by atoms with Crippen LogP contribution >= 0.6 is 15.9 Å². The van der Waals surface area contributed by atoms with Gasteiger partial charge in [0.25, 0.3) is 5.91 Å². The van der Waals surface area contributed by atoms with Gasteiger partial charge in [-0.3, -0.25) is 4.79 Å². The smallest absolute Gasteiger partial charge is 0.262 e. The number of amides is 1. The molecule has 0 radical (unpaired) electrons. The standard InChI is InChI=1S/C23H32BrN3O4/c1-3-30-21-14-18(15-26-10-4-9-25-11-12-28)13-20(24)23(21)31-16-22(29)27-19-7-5-17(2)6-8-19/h5-8,13-14,25-26,28H,3-4,9-12,15-16H2,1-2H3,(H,27,29). The second-order valence-corrected chi connectivity index (χ2v) is 7.90. The number of halogens is 1. The van der Waals surface area contributed by atoms with Gasteiger partial charge < -0.3 is 30.5 Å². The van der Waals surface area contributed by atoms with Gasteiger partial charge in [0.1, 0.15) is 0 Å². The van der Waals surface area contributed by atoms with E-state index in [-0.39, 0.29) is 19.1 Å². The van der Waals surface area contributed by atoms with Crippen molar-refractivity contribution in [2.75, 3.05) is 44.8 Å². The number of rotatable bonds is 14. The summed E-state index contributed by atoms with van der Waals surface area (Å²) in [5, 5.41) is 18.1. The van der Waals surface area contributed by atoms with E-state index in [1.54, 1.807) is 0 Å². The highest BCUT2D eigenvalue weighted by atomic mass is 79.9. The number of hydrogen-bond donors (Lipinski definition) is 4.